The van der Waals surface area contributed by atoms with Gasteiger partial charge < -0.3 is 16.0 Å². The first-order valence-corrected chi connectivity index (χ1v) is 9.17. The summed E-state index contributed by atoms with van der Waals surface area (Å²) in [7, 11) is 0. The molecule has 8 heteroatoms. The summed E-state index contributed by atoms with van der Waals surface area (Å²) in [4.78, 5) is 18.2. The maximum atomic E-state index is 13.3. The van der Waals surface area contributed by atoms with Crippen molar-refractivity contribution in [1.29, 1.82) is 0 Å². The molecule has 3 N–H and O–H groups in total. The van der Waals surface area contributed by atoms with Crippen LogP contribution in [0.15, 0.2) is 18.3 Å². The molecule has 1 aromatic heterocycles. The van der Waals surface area contributed by atoms with Gasteiger partial charge in [-0.2, -0.15) is 13.2 Å². The molecule has 26 heavy (non-hydrogen) atoms. The van der Waals surface area contributed by atoms with Gasteiger partial charge in [-0.05, 0) is 50.3 Å². The summed E-state index contributed by atoms with van der Waals surface area (Å²) in [5, 5.41) is 3.08. The van der Waals surface area contributed by atoms with Gasteiger partial charge in [0.25, 0.3) is 0 Å². The molecule has 3 atom stereocenters. The second kappa shape index (κ2) is 7.82. The first-order chi connectivity index (χ1) is 12.4. The molecule has 0 radical (unpaired) electrons. The topological polar surface area (TPSA) is 71.2 Å². The highest BCUT2D eigenvalue weighted by atomic mass is 19.4. The Balaban J connectivity index is 1.69. The SMILES string of the molecule is NCC1CCCC1NC(=O)C1CCCN(c2ncccc2C(F)(F)F)C1. The summed E-state index contributed by atoms with van der Waals surface area (Å²) >= 11 is 0. The summed E-state index contributed by atoms with van der Waals surface area (Å²) in [5.41, 5.74) is 5.01. The van der Waals surface area contributed by atoms with E-state index < -0.39 is 11.7 Å². The number of rotatable bonds is 4. The molecule has 2 fully saturated rings. The van der Waals surface area contributed by atoms with Crippen molar-refractivity contribution in [2.75, 3.05) is 24.5 Å². The Kier molecular flexibility index (Phi) is 5.70. The minimum absolute atomic E-state index is 0.0791. The number of nitrogens with two attached hydrogens (primary N) is 1. The summed E-state index contributed by atoms with van der Waals surface area (Å²) in [6.07, 6.45) is 1.22. The number of piperidine rings is 1. The van der Waals surface area contributed by atoms with Gasteiger partial charge >= 0.3 is 6.18 Å². The zero-order valence-corrected chi connectivity index (χ0v) is 14.6. The fraction of sp³-hybridized carbons (Fsp3) is 0.667. The van der Waals surface area contributed by atoms with Crippen LogP contribution in [-0.4, -0.2) is 36.6 Å². The van der Waals surface area contributed by atoms with Crippen molar-refractivity contribution >= 4 is 11.7 Å². The maximum absolute atomic E-state index is 13.3. The lowest BCUT2D eigenvalue weighted by Crippen LogP contribution is -2.48. The van der Waals surface area contributed by atoms with E-state index in [1.807, 2.05) is 0 Å². The second-order valence-electron chi connectivity index (χ2n) is 7.20. The molecule has 0 bridgehead atoms. The molecule has 1 aliphatic heterocycles. The number of carbonyl (C=O) groups is 1. The Morgan fingerprint density at radius 3 is 2.85 bits per heavy atom. The van der Waals surface area contributed by atoms with E-state index in [9.17, 15) is 18.0 Å². The van der Waals surface area contributed by atoms with Crippen LogP contribution in [0, 0.1) is 11.8 Å². The summed E-state index contributed by atoms with van der Waals surface area (Å²) in [5.74, 6) is -0.195. The van der Waals surface area contributed by atoms with E-state index in [0.717, 1.165) is 25.3 Å². The van der Waals surface area contributed by atoms with Crippen LogP contribution in [0.2, 0.25) is 0 Å². The lowest BCUT2D eigenvalue weighted by molar-refractivity contribution is -0.137. The fourth-order valence-corrected chi connectivity index (χ4v) is 4.06. The number of pyridine rings is 1. The van der Waals surface area contributed by atoms with Gasteiger partial charge in [-0.1, -0.05) is 6.42 Å². The number of anilines is 1. The van der Waals surface area contributed by atoms with Gasteiger partial charge in [-0.3, -0.25) is 4.79 Å². The van der Waals surface area contributed by atoms with Gasteiger partial charge in [0.15, 0.2) is 0 Å². The lowest BCUT2D eigenvalue weighted by Gasteiger charge is -2.35. The van der Waals surface area contributed by atoms with Gasteiger partial charge in [-0.25, -0.2) is 4.98 Å². The first kappa shape index (κ1) is 18.9. The smallest absolute Gasteiger partial charge is 0.355 e. The molecule has 1 aliphatic carbocycles. The van der Waals surface area contributed by atoms with E-state index in [0.29, 0.717) is 31.8 Å². The standard InChI is InChI=1S/C18H25F3N4O/c19-18(20,21)14-6-2-8-23-16(14)25-9-3-5-13(11-25)17(26)24-15-7-1-4-12(15)10-22/h2,6,8,12-13,15H,1,3-5,7,9-11,22H2,(H,24,26). The molecule has 1 aromatic rings. The van der Waals surface area contributed by atoms with Gasteiger partial charge in [0.2, 0.25) is 5.91 Å². The minimum atomic E-state index is -4.46. The zero-order valence-electron chi connectivity index (χ0n) is 14.6. The number of hydrogen-bond donors (Lipinski definition) is 2. The average Bonchev–Trinajstić information content (AvgIpc) is 3.08. The number of alkyl halides is 3. The number of amides is 1. The predicted octanol–water partition coefficient (Wildman–Crippen LogP) is 2.56. The molecule has 1 saturated carbocycles. The summed E-state index contributed by atoms with van der Waals surface area (Å²) < 4.78 is 39.8. The Morgan fingerprint density at radius 1 is 1.31 bits per heavy atom. The molecule has 2 aliphatic rings. The second-order valence-corrected chi connectivity index (χ2v) is 7.20. The number of halogens is 3. The normalized spacial score (nSPS) is 26.8. The molecule has 5 nitrogen and oxygen atoms in total. The van der Waals surface area contributed by atoms with Crippen molar-refractivity contribution in [2.45, 2.75) is 44.3 Å². The van der Waals surface area contributed by atoms with Crippen LogP contribution in [0.1, 0.15) is 37.7 Å². The highest BCUT2D eigenvalue weighted by Crippen LogP contribution is 2.36. The van der Waals surface area contributed by atoms with Crippen molar-refractivity contribution in [3.8, 4) is 0 Å². The molecule has 1 amide bonds. The van der Waals surface area contributed by atoms with Crippen LogP contribution in [0.5, 0.6) is 0 Å². The largest absolute Gasteiger partial charge is 0.419 e. The Morgan fingerprint density at radius 2 is 2.12 bits per heavy atom. The third kappa shape index (κ3) is 4.11. The van der Waals surface area contributed by atoms with Gasteiger partial charge in [-0.15, -0.1) is 0 Å². The Hall–Kier alpha value is -1.83. The quantitative estimate of drug-likeness (QED) is 0.855. The van der Waals surface area contributed by atoms with Crippen LogP contribution < -0.4 is 16.0 Å². The molecule has 3 unspecified atom stereocenters. The van der Waals surface area contributed by atoms with E-state index >= 15 is 0 Å². The molecule has 144 valence electrons. The van der Waals surface area contributed by atoms with Crippen molar-refractivity contribution in [3.05, 3.63) is 23.9 Å². The monoisotopic (exact) mass is 370 g/mol. The van der Waals surface area contributed by atoms with Gasteiger partial charge in [0.1, 0.15) is 5.82 Å². The van der Waals surface area contributed by atoms with E-state index in [2.05, 4.69) is 10.3 Å². The molecule has 0 spiro atoms. The molecule has 2 heterocycles. The summed E-state index contributed by atoms with van der Waals surface area (Å²) in [6.45, 7) is 1.27. The predicted molar refractivity (Wildman–Crippen MR) is 92.5 cm³/mol. The highest BCUT2D eigenvalue weighted by molar-refractivity contribution is 5.80. The molecular formula is C18H25F3N4O. The van der Waals surface area contributed by atoms with E-state index in [-0.39, 0.29) is 30.2 Å². The third-order valence-corrected chi connectivity index (χ3v) is 5.47. The maximum Gasteiger partial charge on any atom is 0.419 e. The molecule has 3 rings (SSSR count). The van der Waals surface area contributed by atoms with Crippen LogP contribution in [0.4, 0.5) is 19.0 Å². The number of hydrogen-bond acceptors (Lipinski definition) is 4. The average molecular weight is 370 g/mol. The molecular weight excluding hydrogens is 345 g/mol. The first-order valence-electron chi connectivity index (χ1n) is 9.17. The summed E-state index contributed by atoms with van der Waals surface area (Å²) in [6, 6.07) is 2.41. The zero-order chi connectivity index (χ0) is 18.7. The van der Waals surface area contributed by atoms with E-state index in [4.69, 9.17) is 5.73 Å². The van der Waals surface area contributed by atoms with E-state index in [1.165, 1.54) is 12.3 Å². The molecule has 0 aromatic carbocycles. The highest BCUT2D eigenvalue weighted by Gasteiger charge is 2.38. The number of carbonyl (C=O) groups excluding carboxylic acids is 1. The Bertz CT molecular complexity index is 637. The van der Waals surface area contributed by atoms with Crippen LogP contribution in [0.25, 0.3) is 0 Å². The van der Waals surface area contributed by atoms with Crippen molar-refractivity contribution < 1.29 is 18.0 Å². The molecule has 1 saturated heterocycles. The lowest BCUT2D eigenvalue weighted by atomic mass is 9.95. The van der Waals surface area contributed by atoms with Crippen molar-refractivity contribution in [1.82, 2.24) is 10.3 Å². The van der Waals surface area contributed by atoms with Crippen LogP contribution >= 0.6 is 0 Å². The number of aromatic nitrogens is 1. The number of nitrogens with zero attached hydrogens (tertiary/aromatic N) is 2. The van der Waals surface area contributed by atoms with E-state index in [1.54, 1.807) is 4.90 Å². The minimum Gasteiger partial charge on any atom is -0.355 e. The number of nitrogens with one attached hydrogen (secondary N) is 1. The van der Waals surface area contributed by atoms with Crippen LogP contribution in [-0.2, 0) is 11.0 Å². The Labute approximate surface area is 151 Å². The van der Waals surface area contributed by atoms with Crippen molar-refractivity contribution in [2.24, 2.45) is 17.6 Å². The third-order valence-electron chi connectivity index (χ3n) is 5.47. The van der Waals surface area contributed by atoms with Gasteiger partial charge in [0, 0.05) is 25.3 Å². The van der Waals surface area contributed by atoms with Crippen LogP contribution in [0.3, 0.4) is 0 Å². The van der Waals surface area contributed by atoms with Crippen molar-refractivity contribution in [3.63, 3.8) is 0 Å². The van der Waals surface area contributed by atoms with Gasteiger partial charge in [0.05, 0.1) is 11.5 Å². The fourth-order valence-electron chi connectivity index (χ4n) is 4.06.